The van der Waals surface area contributed by atoms with Gasteiger partial charge in [-0.3, -0.25) is 0 Å². The smallest absolute Gasteiger partial charge is 0.323 e. The molecule has 18 heavy (non-hydrogen) atoms. The number of benzene rings is 2. The summed E-state index contributed by atoms with van der Waals surface area (Å²) in [4.78, 5) is 11.7. The predicted molar refractivity (Wildman–Crippen MR) is 77.6 cm³/mol. The lowest BCUT2D eigenvalue weighted by atomic mass is 10.3. The Hall–Kier alpha value is -2.01. The third-order valence-corrected chi connectivity index (χ3v) is 2.78. The van der Waals surface area contributed by atoms with Crippen molar-refractivity contribution in [3.63, 3.8) is 0 Å². The van der Waals surface area contributed by atoms with E-state index < -0.39 is 0 Å². The van der Waals surface area contributed by atoms with Gasteiger partial charge in [-0.2, -0.15) is 0 Å². The number of hydrogen-bond donors (Lipinski definition) is 3. The minimum atomic E-state index is -0.303. The summed E-state index contributed by atoms with van der Waals surface area (Å²) in [5, 5.41) is 5.43. The molecule has 0 atom stereocenters. The minimum Gasteiger partial charge on any atom is -0.399 e. The first kappa shape index (κ1) is 12.4. The highest BCUT2D eigenvalue weighted by atomic mass is 79.9. The number of halogens is 1. The number of urea groups is 1. The Morgan fingerprint density at radius 3 is 2.33 bits per heavy atom. The topological polar surface area (TPSA) is 67.1 Å². The van der Waals surface area contributed by atoms with Crippen LogP contribution in [0.1, 0.15) is 0 Å². The highest BCUT2D eigenvalue weighted by molar-refractivity contribution is 9.10. The van der Waals surface area contributed by atoms with E-state index in [4.69, 9.17) is 5.73 Å². The monoisotopic (exact) mass is 305 g/mol. The average molecular weight is 306 g/mol. The fourth-order valence-electron chi connectivity index (χ4n) is 1.44. The Balaban J connectivity index is 1.98. The molecule has 0 aliphatic carbocycles. The molecule has 0 aromatic heterocycles. The first-order valence-corrected chi connectivity index (χ1v) is 6.12. The van der Waals surface area contributed by atoms with Crippen LogP contribution in [-0.4, -0.2) is 6.03 Å². The maximum atomic E-state index is 11.7. The molecule has 0 radical (unpaired) electrons. The predicted octanol–water partition coefficient (Wildman–Crippen LogP) is 3.68. The zero-order valence-electron chi connectivity index (χ0n) is 9.48. The van der Waals surface area contributed by atoms with E-state index in [1.165, 1.54) is 0 Å². The van der Waals surface area contributed by atoms with Crippen LogP contribution < -0.4 is 16.4 Å². The first-order chi connectivity index (χ1) is 8.63. The fraction of sp³-hybridized carbons (Fsp3) is 0. The first-order valence-electron chi connectivity index (χ1n) is 5.32. The summed E-state index contributed by atoms with van der Waals surface area (Å²) in [7, 11) is 0. The number of amides is 2. The lowest BCUT2D eigenvalue weighted by molar-refractivity contribution is 0.262. The SMILES string of the molecule is Nc1cccc(NC(=O)Nc2ccc(Br)cc2)c1. The van der Waals surface area contributed by atoms with Crippen LogP contribution in [0.25, 0.3) is 0 Å². The molecule has 2 aromatic rings. The van der Waals surface area contributed by atoms with Gasteiger partial charge in [0.1, 0.15) is 0 Å². The fourth-order valence-corrected chi connectivity index (χ4v) is 1.71. The van der Waals surface area contributed by atoms with Crippen LogP contribution in [-0.2, 0) is 0 Å². The lowest BCUT2D eigenvalue weighted by Crippen LogP contribution is -2.19. The maximum absolute atomic E-state index is 11.7. The van der Waals surface area contributed by atoms with Gasteiger partial charge in [0.05, 0.1) is 0 Å². The van der Waals surface area contributed by atoms with Crippen LogP contribution in [0.4, 0.5) is 21.9 Å². The van der Waals surface area contributed by atoms with Crippen molar-refractivity contribution in [1.29, 1.82) is 0 Å². The van der Waals surface area contributed by atoms with Gasteiger partial charge < -0.3 is 16.4 Å². The van der Waals surface area contributed by atoms with Gasteiger partial charge in [0.2, 0.25) is 0 Å². The van der Waals surface area contributed by atoms with E-state index in [9.17, 15) is 4.79 Å². The molecule has 0 fully saturated rings. The van der Waals surface area contributed by atoms with Gasteiger partial charge in [0.25, 0.3) is 0 Å². The Bertz CT molecular complexity index is 554. The molecule has 2 rings (SSSR count). The Morgan fingerprint density at radius 1 is 1.00 bits per heavy atom. The molecule has 0 unspecified atom stereocenters. The van der Waals surface area contributed by atoms with Crippen molar-refractivity contribution in [2.45, 2.75) is 0 Å². The van der Waals surface area contributed by atoms with Crippen molar-refractivity contribution in [3.05, 3.63) is 53.0 Å². The molecule has 4 N–H and O–H groups in total. The molecule has 92 valence electrons. The second kappa shape index (κ2) is 5.55. The van der Waals surface area contributed by atoms with E-state index >= 15 is 0 Å². The van der Waals surface area contributed by atoms with Gasteiger partial charge in [-0.1, -0.05) is 22.0 Å². The lowest BCUT2D eigenvalue weighted by Gasteiger charge is -2.08. The van der Waals surface area contributed by atoms with Gasteiger partial charge in [0, 0.05) is 21.5 Å². The van der Waals surface area contributed by atoms with Gasteiger partial charge in [0.15, 0.2) is 0 Å². The van der Waals surface area contributed by atoms with Crippen LogP contribution in [0.2, 0.25) is 0 Å². The van der Waals surface area contributed by atoms with Crippen LogP contribution in [0.3, 0.4) is 0 Å². The minimum absolute atomic E-state index is 0.303. The normalized spacial score (nSPS) is 9.83. The number of carbonyl (C=O) groups is 1. The Kier molecular flexibility index (Phi) is 3.84. The van der Waals surface area contributed by atoms with E-state index in [-0.39, 0.29) is 6.03 Å². The second-order valence-corrected chi connectivity index (χ2v) is 4.63. The number of nitrogens with one attached hydrogen (secondary N) is 2. The standard InChI is InChI=1S/C13H12BrN3O/c14-9-4-6-11(7-5-9)16-13(18)17-12-3-1-2-10(15)8-12/h1-8H,15H2,(H2,16,17,18). The van der Waals surface area contributed by atoms with Gasteiger partial charge in [-0.15, -0.1) is 0 Å². The van der Waals surface area contributed by atoms with Crippen LogP contribution in [0.5, 0.6) is 0 Å². The van der Waals surface area contributed by atoms with E-state index in [1.807, 2.05) is 24.3 Å². The van der Waals surface area contributed by atoms with Crippen molar-refractivity contribution in [2.75, 3.05) is 16.4 Å². The van der Waals surface area contributed by atoms with Crippen molar-refractivity contribution in [2.24, 2.45) is 0 Å². The molecule has 4 nitrogen and oxygen atoms in total. The van der Waals surface area contributed by atoms with Crippen LogP contribution >= 0.6 is 15.9 Å². The Morgan fingerprint density at radius 2 is 1.67 bits per heavy atom. The summed E-state index contributed by atoms with van der Waals surface area (Å²) in [6.45, 7) is 0. The van der Waals surface area contributed by atoms with E-state index in [0.717, 1.165) is 10.2 Å². The molecule has 0 aliphatic heterocycles. The van der Waals surface area contributed by atoms with Crippen molar-refractivity contribution in [3.8, 4) is 0 Å². The van der Waals surface area contributed by atoms with Crippen molar-refractivity contribution < 1.29 is 4.79 Å². The summed E-state index contributed by atoms with van der Waals surface area (Å²) < 4.78 is 0.962. The quantitative estimate of drug-likeness (QED) is 0.741. The highest BCUT2D eigenvalue weighted by Crippen LogP contribution is 2.15. The Labute approximate surface area is 113 Å². The van der Waals surface area contributed by atoms with Crippen LogP contribution in [0, 0.1) is 0 Å². The molecule has 0 heterocycles. The summed E-state index contributed by atoms with van der Waals surface area (Å²) >= 11 is 3.33. The maximum Gasteiger partial charge on any atom is 0.323 e. The summed E-state index contributed by atoms with van der Waals surface area (Å²) in [5.74, 6) is 0. The molecule has 0 saturated carbocycles. The van der Waals surface area contributed by atoms with E-state index in [1.54, 1.807) is 24.3 Å². The van der Waals surface area contributed by atoms with E-state index in [2.05, 4.69) is 26.6 Å². The number of hydrogen-bond acceptors (Lipinski definition) is 2. The van der Waals surface area contributed by atoms with Crippen LogP contribution in [0.15, 0.2) is 53.0 Å². The van der Waals surface area contributed by atoms with Gasteiger partial charge in [-0.25, -0.2) is 4.79 Å². The summed E-state index contributed by atoms with van der Waals surface area (Å²) in [6, 6.07) is 14.0. The molecule has 0 spiro atoms. The summed E-state index contributed by atoms with van der Waals surface area (Å²) in [5.41, 5.74) is 7.61. The van der Waals surface area contributed by atoms with Gasteiger partial charge in [-0.05, 0) is 42.5 Å². The molecule has 0 aliphatic rings. The molecule has 0 bridgehead atoms. The molecular formula is C13H12BrN3O. The van der Waals surface area contributed by atoms with Crippen molar-refractivity contribution in [1.82, 2.24) is 0 Å². The van der Waals surface area contributed by atoms with Crippen molar-refractivity contribution >= 4 is 39.0 Å². The molecule has 2 aromatic carbocycles. The third-order valence-electron chi connectivity index (χ3n) is 2.25. The largest absolute Gasteiger partial charge is 0.399 e. The third kappa shape index (κ3) is 3.49. The molecule has 2 amide bonds. The second-order valence-electron chi connectivity index (χ2n) is 3.71. The average Bonchev–Trinajstić information content (AvgIpc) is 2.32. The highest BCUT2D eigenvalue weighted by Gasteiger charge is 2.02. The molecule has 5 heteroatoms. The number of nitrogen functional groups attached to an aromatic ring is 1. The number of rotatable bonds is 2. The zero-order valence-corrected chi connectivity index (χ0v) is 11.1. The number of carbonyl (C=O) groups excluding carboxylic acids is 1. The molecular weight excluding hydrogens is 294 g/mol. The number of nitrogens with two attached hydrogens (primary N) is 1. The number of anilines is 3. The van der Waals surface area contributed by atoms with E-state index in [0.29, 0.717) is 11.4 Å². The molecule has 0 saturated heterocycles. The van der Waals surface area contributed by atoms with Gasteiger partial charge >= 0.3 is 6.03 Å². The summed E-state index contributed by atoms with van der Waals surface area (Å²) in [6.07, 6.45) is 0. The zero-order chi connectivity index (χ0) is 13.0.